The molecule has 1 aromatic carbocycles. The van der Waals surface area contributed by atoms with E-state index in [4.69, 9.17) is 12.2 Å². The van der Waals surface area contributed by atoms with Gasteiger partial charge in [-0.1, -0.05) is 6.07 Å². The maximum atomic E-state index is 14.1. The third kappa shape index (κ3) is 3.76. The molecular weight excluding hydrogens is 445 g/mol. The number of rotatable bonds is 4. The average molecular weight is 472 g/mol. The summed E-state index contributed by atoms with van der Waals surface area (Å²) >= 11 is 5.82. The van der Waals surface area contributed by atoms with Gasteiger partial charge in [0.2, 0.25) is 0 Å². The molecule has 0 aliphatic carbocycles. The van der Waals surface area contributed by atoms with Gasteiger partial charge in [-0.2, -0.15) is 0 Å². The SMILES string of the molecule is Cc1ccnc(-n2c(C)cc(C3C(c4ccccn4)NC(=S)N3c3ccc(F)c(C)c3)c2C)c1. The van der Waals surface area contributed by atoms with Crippen molar-refractivity contribution in [3.05, 3.63) is 107 Å². The van der Waals surface area contributed by atoms with Crippen LogP contribution in [0.15, 0.2) is 67.0 Å². The molecule has 34 heavy (non-hydrogen) atoms. The molecular formula is C27H26FN5S. The molecule has 1 saturated heterocycles. The zero-order valence-corrected chi connectivity index (χ0v) is 20.4. The molecule has 7 heteroatoms. The van der Waals surface area contributed by atoms with Crippen molar-refractivity contribution in [2.45, 2.75) is 39.8 Å². The fourth-order valence-corrected chi connectivity index (χ4v) is 5.16. The summed E-state index contributed by atoms with van der Waals surface area (Å²) in [6.07, 6.45) is 3.63. The molecule has 4 heterocycles. The van der Waals surface area contributed by atoms with Crippen LogP contribution in [0.25, 0.3) is 5.82 Å². The van der Waals surface area contributed by atoms with Crippen LogP contribution in [0, 0.1) is 33.5 Å². The lowest BCUT2D eigenvalue weighted by Crippen LogP contribution is -2.29. The summed E-state index contributed by atoms with van der Waals surface area (Å²) in [6.45, 7) is 8.03. The van der Waals surface area contributed by atoms with E-state index in [0.717, 1.165) is 39.7 Å². The van der Waals surface area contributed by atoms with Crippen LogP contribution in [0.5, 0.6) is 0 Å². The number of thiocarbonyl (C=S) groups is 1. The highest BCUT2D eigenvalue weighted by atomic mass is 32.1. The summed E-state index contributed by atoms with van der Waals surface area (Å²) in [5.74, 6) is 0.650. The Bertz CT molecular complexity index is 1380. The van der Waals surface area contributed by atoms with E-state index in [1.165, 1.54) is 6.07 Å². The minimum absolute atomic E-state index is 0.168. The Morgan fingerprint density at radius 2 is 1.76 bits per heavy atom. The predicted molar refractivity (Wildman–Crippen MR) is 137 cm³/mol. The quantitative estimate of drug-likeness (QED) is 0.380. The first-order valence-electron chi connectivity index (χ1n) is 11.2. The Morgan fingerprint density at radius 1 is 0.941 bits per heavy atom. The first kappa shape index (κ1) is 22.2. The van der Waals surface area contributed by atoms with Gasteiger partial charge in [0.15, 0.2) is 5.11 Å². The lowest BCUT2D eigenvalue weighted by atomic mass is 9.96. The third-order valence-corrected chi connectivity index (χ3v) is 6.75. The fraction of sp³-hybridized carbons (Fsp3) is 0.222. The highest BCUT2D eigenvalue weighted by molar-refractivity contribution is 7.80. The molecule has 3 aromatic heterocycles. The van der Waals surface area contributed by atoms with Gasteiger partial charge in [0.05, 0.1) is 17.8 Å². The Balaban J connectivity index is 1.69. The summed E-state index contributed by atoms with van der Waals surface area (Å²) in [7, 11) is 0. The second kappa shape index (κ2) is 8.65. The average Bonchev–Trinajstić information content (AvgIpc) is 3.31. The van der Waals surface area contributed by atoms with Crippen molar-refractivity contribution >= 4 is 23.0 Å². The van der Waals surface area contributed by atoms with Gasteiger partial charge in [0, 0.05) is 29.5 Å². The van der Waals surface area contributed by atoms with Crippen LogP contribution >= 0.6 is 12.2 Å². The van der Waals surface area contributed by atoms with Crippen LogP contribution in [-0.4, -0.2) is 19.6 Å². The van der Waals surface area contributed by atoms with Crippen molar-refractivity contribution in [2.24, 2.45) is 0 Å². The zero-order valence-electron chi connectivity index (χ0n) is 19.6. The highest BCUT2D eigenvalue weighted by Crippen LogP contribution is 2.43. The van der Waals surface area contributed by atoms with Crippen molar-refractivity contribution in [2.75, 3.05) is 4.90 Å². The van der Waals surface area contributed by atoms with Gasteiger partial charge in [-0.05, 0) is 105 Å². The molecule has 5 nitrogen and oxygen atoms in total. The molecule has 172 valence electrons. The minimum Gasteiger partial charge on any atom is -0.351 e. The largest absolute Gasteiger partial charge is 0.351 e. The number of benzene rings is 1. The van der Waals surface area contributed by atoms with Crippen molar-refractivity contribution in [3.8, 4) is 5.82 Å². The van der Waals surface area contributed by atoms with Crippen LogP contribution in [0.2, 0.25) is 0 Å². The molecule has 0 spiro atoms. The second-order valence-corrected chi connectivity index (χ2v) is 9.17. The van der Waals surface area contributed by atoms with Crippen molar-refractivity contribution in [1.82, 2.24) is 19.9 Å². The van der Waals surface area contributed by atoms with E-state index in [0.29, 0.717) is 10.7 Å². The number of halogens is 1. The predicted octanol–water partition coefficient (Wildman–Crippen LogP) is 5.82. The van der Waals surface area contributed by atoms with Gasteiger partial charge >= 0.3 is 0 Å². The van der Waals surface area contributed by atoms with Crippen LogP contribution in [0.4, 0.5) is 10.1 Å². The number of nitrogens with zero attached hydrogens (tertiary/aromatic N) is 4. The summed E-state index contributed by atoms with van der Waals surface area (Å²) in [4.78, 5) is 11.3. The highest BCUT2D eigenvalue weighted by Gasteiger charge is 2.42. The molecule has 1 aliphatic heterocycles. The van der Waals surface area contributed by atoms with Crippen molar-refractivity contribution in [1.29, 1.82) is 0 Å². The molecule has 0 saturated carbocycles. The number of anilines is 1. The first-order chi connectivity index (χ1) is 16.3. The summed E-state index contributed by atoms with van der Waals surface area (Å²) in [6, 6.07) is 17.0. The fourth-order valence-electron chi connectivity index (χ4n) is 4.81. The van der Waals surface area contributed by atoms with E-state index in [-0.39, 0.29) is 17.9 Å². The molecule has 0 amide bonds. The molecule has 1 N–H and O–H groups in total. The molecule has 1 fully saturated rings. The maximum Gasteiger partial charge on any atom is 0.174 e. The Hall–Kier alpha value is -3.58. The molecule has 5 rings (SSSR count). The van der Waals surface area contributed by atoms with E-state index < -0.39 is 0 Å². The van der Waals surface area contributed by atoms with Gasteiger partial charge in [-0.15, -0.1) is 0 Å². The molecule has 4 aromatic rings. The van der Waals surface area contributed by atoms with Crippen molar-refractivity contribution in [3.63, 3.8) is 0 Å². The first-order valence-corrected chi connectivity index (χ1v) is 11.6. The van der Waals surface area contributed by atoms with E-state index >= 15 is 0 Å². The normalized spacial score (nSPS) is 17.8. The van der Waals surface area contributed by atoms with E-state index in [1.807, 2.05) is 36.5 Å². The molecule has 0 radical (unpaired) electrons. The van der Waals surface area contributed by atoms with Gasteiger partial charge in [-0.25, -0.2) is 9.37 Å². The minimum atomic E-state index is -0.233. The van der Waals surface area contributed by atoms with Crippen LogP contribution < -0.4 is 10.2 Å². The third-order valence-electron chi connectivity index (χ3n) is 6.44. The van der Waals surface area contributed by atoms with E-state index in [9.17, 15) is 4.39 Å². The van der Waals surface area contributed by atoms with E-state index in [1.54, 1.807) is 19.2 Å². The molecule has 0 bridgehead atoms. The van der Waals surface area contributed by atoms with Crippen LogP contribution in [0.1, 0.15) is 45.9 Å². The van der Waals surface area contributed by atoms with Gasteiger partial charge in [-0.3, -0.25) is 4.98 Å². The Kier molecular flexibility index (Phi) is 5.65. The standard InChI is InChI=1S/C27H26FN5S/c1-16-10-12-30-24(13-16)32-18(3)15-21(19(32)4)26-25(23-7-5-6-11-29-23)31-27(34)33(26)20-8-9-22(28)17(2)14-20/h5-15,25-26H,1-4H3,(H,31,34). The Labute approximate surface area is 204 Å². The lowest BCUT2D eigenvalue weighted by Gasteiger charge is -2.28. The smallest absolute Gasteiger partial charge is 0.174 e. The summed E-state index contributed by atoms with van der Waals surface area (Å²) in [5, 5.41) is 4.07. The zero-order chi connectivity index (χ0) is 24.0. The van der Waals surface area contributed by atoms with Crippen molar-refractivity contribution < 1.29 is 4.39 Å². The monoisotopic (exact) mass is 471 g/mol. The maximum absolute atomic E-state index is 14.1. The number of hydrogen-bond acceptors (Lipinski definition) is 3. The Morgan fingerprint density at radius 3 is 2.47 bits per heavy atom. The number of hydrogen-bond donors (Lipinski definition) is 1. The van der Waals surface area contributed by atoms with Crippen LogP contribution in [0.3, 0.4) is 0 Å². The van der Waals surface area contributed by atoms with Gasteiger partial charge < -0.3 is 14.8 Å². The summed E-state index contributed by atoms with van der Waals surface area (Å²) in [5.41, 5.74) is 6.75. The second-order valence-electron chi connectivity index (χ2n) is 8.78. The number of pyridine rings is 2. The molecule has 2 unspecified atom stereocenters. The van der Waals surface area contributed by atoms with Crippen LogP contribution in [-0.2, 0) is 0 Å². The van der Waals surface area contributed by atoms with Gasteiger partial charge in [0.1, 0.15) is 11.6 Å². The topological polar surface area (TPSA) is 46.0 Å². The molecule has 1 aliphatic rings. The number of aromatic nitrogens is 3. The van der Waals surface area contributed by atoms with E-state index in [2.05, 4.69) is 57.7 Å². The number of nitrogens with one attached hydrogen (secondary N) is 1. The molecule has 2 atom stereocenters. The van der Waals surface area contributed by atoms with Gasteiger partial charge in [0.25, 0.3) is 0 Å². The number of aryl methyl sites for hydroxylation is 3. The lowest BCUT2D eigenvalue weighted by molar-refractivity contribution is 0.564. The summed E-state index contributed by atoms with van der Waals surface area (Å²) < 4.78 is 16.3.